The van der Waals surface area contributed by atoms with Crippen molar-refractivity contribution in [3.63, 3.8) is 0 Å². The number of hydrogen-bond donors (Lipinski definition) is 2. The summed E-state index contributed by atoms with van der Waals surface area (Å²) in [6, 6.07) is 0. The lowest BCUT2D eigenvalue weighted by molar-refractivity contribution is 0.186. The van der Waals surface area contributed by atoms with Gasteiger partial charge in [0.25, 0.3) is 0 Å². The van der Waals surface area contributed by atoms with Gasteiger partial charge in [-0.2, -0.15) is 0 Å². The molecule has 0 spiro atoms. The van der Waals surface area contributed by atoms with E-state index in [0.717, 1.165) is 36.8 Å². The van der Waals surface area contributed by atoms with Gasteiger partial charge in [0.1, 0.15) is 0 Å². The molecule has 0 radical (unpaired) electrons. The molecule has 3 aliphatic rings. The molecule has 2 N–H and O–H groups in total. The van der Waals surface area contributed by atoms with Crippen LogP contribution in [0, 0.1) is 17.3 Å². The third kappa shape index (κ3) is 2.53. The average molecular weight is 288 g/mol. The molecule has 3 rings (SSSR count). The standard InChI is InChI=1S/C19H28O2/c1-11-8-13-6-5-7-14(13)18(21)12(2)9-15-16(10-17(11)20)19(15,3)4/h8-9,15-18,20-21H,5-7,10H2,1-4H3/b11-8+,12-9+/t15-,16+,17+,18-/m1/s1. The van der Waals surface area contributed by atoms with Gasteiger partial charge in [-0.15, -0.1) is 0 Å². The highest BCUT2D eigenvalue weighted by atomic mass is 16.3. The Kier molecular flexibility index (Phi) is 3.66. The molecule has 0 heterocycles. The fourth-order valence-electron chi connectivity index (χ4n) is 4.28. The number of fused-ring (bicyclic) bond motifs is 1. The molecule has 116 valence electrons. The van der Waals surface area contributed by atoms with Gasteiger partial charge in [-0.3, -0.25) is 0 Å². The van der Waals surface area contributed by atoms with E-state index in [0.29, 0.717) is 11.8 Å². The molecule has 2 heteroatoms. The second-order valence-corrected chi connectivity index (χ2v) is 7.81. The first-order chi connectivity index (χ1) is 9.82. The second-order valence-electron chi connectivity index (χ2n) is 7.81. The third-order valence-electron chi connectivity index (χ3n) is 6.05. The molecule has 0 saturated heterocycles. The van der Waals surface area contributed by atoms with E-state index in [1.54, 1.807) is 0 Å². The van der Waals surface area contributed by atoms with Crippen LogP contribution in [0.15, 0.2) is 34.4 Å². The van der Waals surface area contributed by atoms with Gasteiger partial charge in [0, 0.05) is 0 Å². The van der Waals surface area contributed by atoms with Crippen LogP contribution in [0.25, 0.3) is 0 Å². The maximum atomic E-state index is 10.7. The summed E-state index contributed by atoms with van der Waals surface area (Å²) in [6.07, 6.45) is 7.59. The van der Waals surface area contributed by atoms with Crippen LogP contribution in [-0.4, -0.2) is 22.4 Å². The summed E-state index contributed by atoms with van der Waals surface area (Å²) in [5, 5.41) is 21.2. The molecule has 1 saturated carbocycles. The SMILES string of the molecule is C/C1=C\C2=C(CCC2)[C@H](O)/C(C)=C/[C@@H]2[C@H](C[C@@H]1O)C2(C)C. The van der Waals surface area contributed by atoms with Gasteiger partial charge < -0.3 is 10.2 Å². The van der Waals surface area contributed by atoms with Crippen molar-refractivity contribution in [2.45, 2.75) is 65.6 Å². The first-order valence-electron chi connectivity index (χ1n) is 8.27. The normalized spacial score (nSPS) is 43.9. The van der Waals surface area contributed by atoms with Crippen LogP contribution in [0.1, 0.15) is 53.4 Å². The monoisotopic (exact) mass is 288 g/mol. The zero-order chi connectivity index (χ0) is 15.4. The van der Waals surface area contributed by atoms with Crippen LogP contribution in [0.4, 0.5) is 0 Å². The Hall–Kier alpha value is -0.860. The molecule has 0 bridgehead atoms. The van der Waals surface area contributed by atoms with E-state index in [-0.39, 0.29) is 11.5 Å². The van der Waals surface area contributed by atoms with Gasteiger partial charge in [-0.1, -0.05) is 26.0 Å². The van der Waals surface area contributed by atoms with E-state index in [4.69, 9.17) is 0 Å². The maximum absolute atomic E-state index is 10.7. The van der Waals surface area contributed by atoms with Crippen LogP contribution in [-0.2, 0) is 0 Å². The fraction of sp³-hybridized carbons (Fsp3) is 0.684. The summed E-state index contributed by atoms with van der Waals surface area (Å²) in [5.74, 6) is 1.00. The van der Waals surface area contributed by atoms with Gasteiger partial charge in [-0.25, -0.2) is 0 Å². The molecule has 2 nitrogen and oxygen atoms in total. The van der Waals surface area contributed by atoms with Crippen molar-refractivity contribution in [1.29, 1.82) is 0 Å². The number of aliphatic hydroxyl groups is 2. The van der Waals surface area contributed by atoms with Crippen molar-refractivity contribution in [3.8, 4) is 0 Å². The predicted octanol–water partition coefficient (Wildman–Crippen LogP) is 3.76. The Bertz CT molecular complexity index is 536. The van der Waals surface area contributed by atoms with Gasteiger partial charge in [0.2, 0.25) is 0 Å². The van der Waals surface area contributed by atoms with Crippen molar-refractivity contribution in [1.82, 2.24) is 0 Å². The highest BCUT2D eigenvalue weighted by Gasteiger charge is 2.56. The quantitative estimate of drug-likeness (QED) is 0.666. The average Bonchev–Trinajstić information content (AvgIpc) is 2.80. The van der Waals surface area contributed by atoms with Crippen molar-refractivity contribution in [3.05, 3.63) is 34.4 Å². The lowest BCUT2D eigenvalue weighted by atomic mass is 9.95. The number of rotatable bonds is 0. The van der Waals surface area contributed by atoms with Crippen LogP contribution in [0.5, 0.6) is 0 Å². The largest absolute Gasteiger partial charge is 0.389 e. The van der Waals surface area contributed by atoms with Crippen molar-refractivity contribution < 1.29 is 10.2 Å². The minimum Gasteiger partial charge on any atom is -0.389 e. The minimum absolute atomic E-state index is 0.244. The van der Waals surface area contributed by atoms with Crippen LogP contribution in [0.3, 0.4) is 0 Å². The Balaban J connectivity index is 2.02. The van der Waals surface area contributed by atoms with Gasteiger partial charge in [0.05, 0.1) is 12.2 Å². The molecule has 1 fully saturated rings. The molecule has 0 amide bonds. The Labute approximate surface area is 128 Å². The fourth-order valence-corrected chi connectivity index (χ4v) is 4.28. The molecule has 4 atom stereocenters. The molecule has 21 heavy (non-hydrogen) atoms. The van der Waals surface area contributed by atoms with Crippen molar-refractivity contribution in [2.24, 2.45) is 17.3 Å². The molecular weight excluding hydrogens is 260 g/mol. The van der Waals surface area contributed by atoms with Crippen molar-refractivity contribution >= 4 is 0 Å². The summed E-state index contributed by atoms with van der Waals surface area (Å²) in [7, 11) is 0. The maximum Gasteiger partial charge on any atom is 0.0964 e. The van der Waals surface area contributed by atoms with Crippen LogP contribution in [0.2, 0.25) is 0 Å². The summed E-state index contributed by atoms with van der Waals surface area (Å²) in [6.45, 7) is 8.64. The number of aliphatic hydroxyl groups excluding tert-OH is 2. The Morgan fingerprint density at radius 1 is 1.10 bits per heavy atom. The molecule has 3 aliphatic carbocycles. The number of hydrogen-bond acceptors (Lipinski definition) is 2. The summed E-state index contributed by atoms with van der Waals surface area (Å²) < 4.78 is 0. The summed E-state index contributed by atoms with van der Waals surface area (Å²) >= 11 is 0. The van der Waals surface area contributed by atoms with E-state index >= 15 is 0 Å². The molecule has 0 aliphatic heterocycles. The summed E-state index contributed by atoms with van der Waals surface area (Å²) in [5.41, 5.74) is 4.81. The molecule has 0 unspecified atom stereocenters. The van der Waals surface area contributed by atoms with E-state index in [9.17, 15) is 10.2 Å². The molecule has 0 aromatic rings. The second kappa shape index (κ2) is 5.10. The van der Waals surface area contributed by atoms with E-state index in [2.05, 4.69) is 32.9 Å². The van der Waals surface area contributed by atoms with Crippen LogP contribution >= 0.6 is 0 Å². The van der Waals surface area contributed by atoms with Crippen LogP contribution < -0.4 is 0 Å². The zero-order valence-corrected chi connectivity index (χ0v) is 13.7. The third-order valence-corrected chi connectivity index (χ3v) is 6.05. The van der Waals surface area contributed by atoms with Gasteiger partial charge in [-0.05, 0) is 79.1 Å². The first-order valence-corrected chi connectivity index (χ1v) is 8.27. The highest BCUT2D eigenvalue weighted by Crippen LogP contribution is 2.62. The lowest BCUT2D eigenvalue weighted by Crippen LogP contribution is -2.13. The Morgan fingerprint density at radius 2 is 1.81 bits per heavy atom. The number of allylic oxidation sites excluding steroid dienone is 3. The molecule has 0 aromatic carbocycles. The first kappa shape index (κ1) is 15.1. The predicted molar refractivity (Wildman–Crippen MR) is 85.8 cm³/mol. The minimum atomic E-state index is -0.432. The lowest BCUT2D eigenvalue weighted by Gasteiger charge is -2.16. The topological polar surface area (TPSA) is 40.5 Å². The molecule has 0 aromatic heterocycles. The smallest absolute Gasteiger partial charge is 0.0964 e. The zero-order valence-electron chi connectivity index (χ0n) is 13.7. The van der Waals surface area contributed by atoms with E-state index in [1.807, 2.05) is 6.92 Å². The van der Waals surface area contributed by atoms with E-state index < -0.39 is 6.10 Å². The van der Waals surface area contributed by atoms with E-state index in [1.165, 1.54) is 11.1 Å². The van der Waals surface area contributed by atoms with Gasteiger partial charge >= 0.3 is 0 Å². The van der Waals surface area contributed by atoms with Crippen molar-refractivity contribution in [2.75, 3.05) is 0 Å². The highest BCUT2D eigenvalue weighted by molar-refractivity contribution is 5.39. The molecular formula is C19H28O2. The van der Waals surface area contributed by atoms with Gasteiger partial charge in [0.15, 0.2) is 0 Å². The Morgan fingerprint density at radius 3 is 2.52 bits per heavy atom. The summed E-state index contributed by atoms with van der Waals surface area (Å²) in [4.78, 5) is 0.